The number of rotatable bonds is 4. The molecule has 4 nitrogen and oxygen atoms in total. The van der Waals surface area contributed by atoms with Crippen molar-refractivity contribution in [2.75, 3.05) is 19.6 Å². The van der Waals surface area contributed by atoms with E-state index in [2.05, 4.69) is 24.0 Å². The highest BCUT2D eigenvalue weighted by Crippen LogP contribution is 2.61. The van der Waals surface area contributed by atoms with Gasteiger partial charge in [0.2, 0.25) is 5.91 Å². The predicted molar refractivity (Wildman–Crippen MR) is 89.6 cm³/mol. The lowest BCUT2D eigenvalue weighted by molar-refractivity contribution is -0.130. The first-order valence-electron chi connectivity index (χ1n) is 8.40. The van der Waals surface area contributed by atoms with Crippen molar-refractivity contribution in [3.8, 4) is 0 Å². The summed E-state index contributed by atoms with van der Waals surface area (Å²) in [5.74, 6) is 2.61. The largest absolute Gasteiger partial charge is 0.308 e. The molecule has 2 bridgehead atoms. The Morgan fingerprint density at radius 1 is 1.36 bits per heavy atom. The third-order valence-corrected chi connectivity index (χ3v) is 6.37. The van der Waals surface area contributed by atoms with Crippen molar-refractivity contribution in [2.45, 2.75) is 52.1 Å². The van der Waals surface area contributed by atoms with Crippen molar-refractivity contribution in [1.29, 1.82) is 0 Å². The second kappa shape index (κ2) is 6.76. The normalized spacial score (nSPS) is 35.2. The highest BCUT2D eigenvalue weighted by molar-refractivity contribution is 5.85. The number of nitrogens with zero attached hydrogens (tertiary/aromatic N) is 2. The Kier molecular flexibility index (Phi) is 5.40. The van der Waals surface area contributed by atoms with Crippen LogP contribution in [0.25, 0.3) is 4.85 Å². The van der Waals surface area contributed by atoms with Crippen molar-refractivity contribution in [2.24, 2.45) is 23.2 Å². The molecular weight excluding hydrogens is 298 g/mol. The molecule has 4 fully saturated rings. The zero-order valence-corrected chi connectivity index (χ0v) is 14.5. The van der Waals surface area contributed by atoms with E-state index in [1.807, 2.05) is 0 Å². The van der Waals surface area contributed by atoms with E-state index in [4.69, 9.17) is 6.57 Å². The van der Waals surface area contributed by atoms with Crippen molar-refractivity contribution < 1.29 is 4.79 Å². The maximum absolute atomic E-state index is 12.2. The molecule has 1 heterocycles. The molecule has 0 aromatic carbocycles. The number of amides is 1. The van der Waals surface area contributed by atoms with Gasteiger partial charge in [-0.25, -0.2) is 6.57 Å². The smallest absolute Gasteiger partial charge is 0.300 e. The number of hydrogen-bond donors (Lipinski definition) is 1. The number of likely N-dealkylation sites (tertiary alicyclic amines) is 1. The van der Waals surface area contributed by atoms with Crippen LogP contribution in [-0.4, -0.2) is 36.6 Å². The fourth-order valence-electron chi connectivity index (χ4n) is 4.85. The number of carbonyl (C=O) groups is 1. The zero-order chi connectivity index (χ0) is 15.0. The lowest BCUT2D eigenvalue weighted by Crippen LogP contribution is -2.54. The maximum Gasteiger partial charge on any atom is 0.300 e. The molecule has 0 aromatic rings. The third-order valence-electron chi connectivity index (χ3n) is 6.37. The molecule has 0 aromatic heterocycles. The third kappa shape index (κ3) is 2.98. The molecule has 4 aliphatic rings. The summed E-state index contributed by atoms with van der Waals surface area (Å²) in [7, 11) is 0. The standard InChI is InChI=1S/C17H27N3O.ClH/c1-17(2)13-7-6-12(14(17)9-13)10-19-11-16(21)20-8-4-5-15(20)18-3;/h12-15,19H,4-11H2,1-2H3;1H/t12?,13-,14-,15-;/m0./s1. The second-order valence-corrected chi connectivity index (χ2v) is 7.67. The summed E-state index contributed by atoms with van der Waals surface area (Å²) in [5, 5.41) is 3.38. The van der Waals surface area contributed by atoms with Crippen LogP contribution in [0.3, 0.4) is 0 Å². The summed E-state index contributed by atoms with van der Waals surface area (Å²) >= 11 is 0. The number of hydrogen-bond acceptors (Lipinski definition) is 2. The highest BCUT2D eigenvalue weighted by Gasteiger charge is 2.53. The van der Waals surface area contributed by atoms with Crippen LogP contribution in [0, 0.1) is 29.7 Å². The van der Waals surface area contributed by atoms with Gasteiger partial charge < -0.3 is 5.32 Å². The molecule has 5 heteroatoms. The first-order chi connectivity index (χ1) is 10.0. The SMILES string of the molecule is Cl.[C-]#[N+][C@@H]1CCCN1C(=O)CNCC1CC[C@H]2C[C@@H]1C2(C)C. The molecule has 3 saturated carbocycles. The van der Waals surface area contributed by atoms with Crippen molar-refractivity contribution in [3.63, 3.8) is 0 Å². The van der Waals surface area contributed by atoms with E-state index in [-0.39, 0.29) is 24.5 Å². The van der Waals surface area contributed by atoms with Crippen LogP contribution in [0.2, 0.25) is 0 Å². The summed E-state index contributed by atoms with van der Waals surface area (Å²) in [6.45, 7) is 14.1. The summed E-state index contributed by atoms with van der Waals surface area (Å²) < 4.78 is 0. The fraction of sp³-hybridized carbons (Fsp3) is 0.882. The van der Waals surface area contributed by atoms with Crippen LogP contribution in [0.15, 0.2) is 0 Å². The summed E-state index contributed by atoms with van der Waals surface area (Å²) in [6, 6.07) is 0. The zero-order valence-electron chi connectivity index (χ0n) is 13.7. The highest BCUT2D eigenvalue weighted by atomic mass is 35.5. The van der Waals surface area contributed by atoms with Crippen molar-refractivity contribution >= 4 is 18.3 Å². The van der Waals surface area contributed by atoms with Crippen LogP contribution in [0.1, 0.15) is 46.0 Å². The van der Waals surface area contributed by atoms with Gasteiger partial charge in [0, 0.05) is 13.0 Å². The Bertz CT molecular complexity index is 457. The average Bonchev–Trinajstić information content (AvgIpc) is 2.95. The quantitative estimate of drug-likeness (QED) is 0.807. The van der Waals surface area contributed by atoms with Gasteiger partial charge in [0.05, 0.1) is 6.54 Å². The Balaban J connectivity index is 0.00000176. The number of halogens is 1. The number of nitrogens with one attached hydrogen (secondary N) is 1. The van der Waals surface area contributed by atoms with E-state index in [9.17, 15) is 4.79 Å². The van der Waals surface area contributed by atoms with Crippen LogP contribution in [-0.2, 0) is 4.79 Å². The van der Waals surface area contributed by atoms with E-state index in [1.54, 1.807) is 4.90 Å². The second-order valence-electron chi connectivity index (χ2n) is 7.67. The minimum absolute atomic E-state index is 0. The predicted octanol–water partition coefficient (Wildman–Crippen LogP) is 2.94. The number of carbonyl (C=O) groups excluding carboxylic acids is 1. The molecule has 1 amide bonds. The van der Waals surface area contributed by atoms with Gasteiger partial charge in [0.1, 0.15) is 0 Å². The lowest BCUT2D eigenvalue weighted by Gasteiger charge is -2.60. The minimum Gasteiger partial charge on any atom is -0.308 e. The van der Waals surface area contributed by atoms with Crippen LogP contribution in [0.4, 0.5) is 0 Å². The average molecular weight is 326 g/mol. The summed E-state index contributed by atoms with van der Waals surface area (Å²) in [4.78, 5) is 17.5. The lowest BCUT2D eigenvalue weighted by atomic mass is 9.45. The molecule has 0 radical (unpaired) electrons. The fourth-order valence-corrected chi connectivity index (χ4v) is 4.85. The van der Waals surface area contributed by atoms with E-state index in [1.165, 1.54) is 19.3 Å². The van der Waals surface area contributed by atoms with Gasteiger partial charge in [-0.1, -0.05) is 13.8 Å². The molecule has 4 atom stereocenters. The molecule has 3 aliphatic carbocycles. The Labute approximate surface area is 140 Å². The first-order valence-corrected chi connectivity index (χ1v) is 8.40. The van der Waals surface area contributed by atoms with Crippen molar-refractivity contribution in [1.82, 2.24) is 10.2 Å². The Hall–Kier alpha value is -0.790. The van der Waals surface area contributed by atoms with Gasteiger partial charge >= 0.3 is 6.17 Å². The van der Waals surface area contributed by atoms with Gasteiger partial charge in [-0.05, 0) is 55.4 Å². The minimum atomic E-state index is -0.208. The molecule has 1 unspecified atom stereocenters. The molecule has 1 saturated heterocycles. The van der Waals surface area contributed by atoms with Gasteiger partial charge in [-0.2, -0.15) is 0 Å². The Morgan fingerprint density at radius 2 is 2.14 bits per heavy atom. The van der Waals surface area contributed by atoms with Crippen LogP contribution in [0.5, 0.6) is 0 Å². The van der Waals surface area contributed by atoms with Gasteiger partial charge in [-0.3, -0.25) is 14.5 Å². The molecule has 4 rings (SSSR count). The van der Waals surface area contributed by atoms with Crippen molar-refractivity contribution in [3.05, 3.63) is 11.4 Å². The van der Waals surface area contributed by atoms with E-state index in [0.29, 0.717) is 12.0 Å². The van der Waals surface area contributed by atoms with Gasteiger partial charge in [0.25, 0.3) is 0 Å². The first kappa shape index (κ1) is 17.6. The monoisotopic (exact) mass is 325 g/mol. The van der Waals surface area contributed by atoms with Gasteiger partial charge in [0.15, 0.2) is 0 Å². The summed E-state index contributed by atoms with van der Waals surface area (Å²) in [6.07, 6.45) is 5.66. The van der Waals surface area contributed by atoms with Gasteiger partial charge in [-0.15, -0.1) is 12.4 Å². The summed E-state index contributed by atoms with van der Waals surface area (Å²) in [5.41, 5.74) is 0.513. The van der Waals surface area contributed by atoms with E-state index >= 15 is 0 Å². The van der Waals surface area contributed by atoms with Crippen LogP contribution >= 0.6 is 12.4 Å². The van der Waals surface area contributed by atoms with Crippen LogP contribution < -0.4 is 5.32 Å². The molecule has 22 heavy (non-hydrogen) atoms. The maximum atomic E-state index is 12.2. The topological polar surface area (TPSA) is 36.7 Å². The molecule has 1 aliphatic heterocycles. The molecule has 1 N–H and O–H groups in total. The molecule has 0 spiro atoms. The molecule has 124 valence electrons. The number of fused-ring (bicyclic) bond motifs is 2. The van der Waals surface area contributed by atoms with E-state index < -0.39 is 0 Å². The van der Waals surface area contributed by atoms with E-state index in [0.717, 1.165) is 43.7 Å². The Morgan fingerprint density at radius 3 is 2.77 bits per heavy atom. The molecular formula is C17H28ClN3O.